The van der Waals surface area contributed by atoms with E-state index in [1.54, 1.807) is 0 Å². The van der Waals surface area contributed by atoms with Crippen molar-refractivity contribution in [1.82, 2.24) is 9.88 Å². The molecule has 1 aromatic heterocycles. The molecule has 1 aliphatic carbocycles. The molecular formula is C17H16F7N3O3. The first kappa shape index (κ1) is 22.1. The van der Waals surface area contributed by atoms with E-state index in [9.17, 15) is 40.3 Å². The highest BCUT2D eigenvalue weighted by molar-refractivity contribution is 5.95. The third-order valence-electron chi connectivity index (χ3n) is 5.31. The number of anilines is 1. The molecule has 13 heteroatoms. The second kappa shape index (κ2) is 7.58. The molecule has 1 aromatic rings. The number of hydrogen-bond acceptors (Lipinski definition) is 4. The molecule has 0 radical (unpaired) electrons. The first-order chi connectivity index (χ1) is 13.8. The highest BCUT2D eigenvalue weighted by Gasteiger charge is 2.61. The van der Waals surface area contributed by atoms with Gasteiger partial charge in [-0.2, -0.15) is 26.3 Å². The number of nitrogens with zero attached hydrogens (tertiary/aromatic N) is 2. The SMILES string of the molecule is O=C(Nc1cncc(F)c1)C1CC12CCN(C(=O)OC(C(F)(F)F)C(F)(F)F)CC2. The Morgan fingerprint density at radius 2 is 1.73 bits per heavy atom. The molecule has 2 heterocycles. The summed E-state index contributed by atoms with van der Waals surface area (Å²) in [6.45, 7) is -0.293. The Bertz CT molecular complexity index is 806. The summed E-state index contributed by atoms with van der Waals surface area (Å²) in [5.74, 6) is -1.49. The molecule has 0 aromatic carbocycles. The van der Waals surface area contributed by atoms with Crippen LogP contribution in [0.2, 0.25) is 0 Å². The highest BCUT2D eigenvalue weighted by atomic mass is 19.4. The van der Waals surface area contributed by atoms with Crippen LogP contribution in [0.1, 0.15) is 19.3 Å². The van der Waals surface area contributed by atoms with Crippen LogP contribution in [0.4, 0.5) is 41.2 Å². The number of nitrogens with one attached hydrogen (secondary N) is 1. The summed E-state index contributed by atoms with van der Waals surface area (Å²) in [5.41, 5.74) is -0.344. The molecule has 1 aliphatic heterocycles. The Morgan fingerprint density at radius 1 is 1.13 bits per heavy atom. The predicted octanol–water partition coefficient (Wildman–Crippen LogP) is 3.89. The van der Waals surface area contributed by atoms with Crippen LogP contribution >= 0.6 is 0 Å². The fraction of sp³-hybridized carbons (Fsp3) is 0.588. The maximum atomic E-state index is 13.1. The normalized spacial score (nSPS) is 20.9. The number of carbonyl (C=O) groups is 2. The van der Waals surface area contributed by atoms with Crippen molar-refractivity contribution in [2.24, 2.45) is 11.3 Å². The summed E-state index contributed by atoms with van der Waals surface area (Å²) >= 11 is 0. The van der Waals surface area contributed by atoms with E-state index >= 15 is 0 Å². The third kappa shape index (κ3) is 4.75. The van der Waals surface area contributed by atoms with Gasteiger partial charge in [0.05, 0.1) is 18.1 Å². The number of rotatable bonds is 3. The van der Waals surface area contributed by atoms with Crippen molar-refractivity contribution in [3.05, 3.63) is 24.3 Å². The zero-order valence-corrected chi connectivity index (χ0v) is 15.2. The van der Waals surface area contributed by atoms with E-state index in [0.717, 1.165) is 17.2 Å². The van der Waals surface area contributed by atoms with Crippen molar-refractivity contribution in [2.75, 3.05) is 18.4 Å². The molecule has 3 rings (SSSR count). The van der Waals surface area contributed by atoms with Gasteiger partial charge in [-0.25, -0.2) is 9.18 Å². The summed E-state index contributed by atoms with van der Waals surface area (Å²) in [6.07, 6.45) is -14.4. The Balaban J connectivity index is 1.54. The lowest BCUT2D eigenvalue weighted by molar-refractivity contribution is -0.308. The standard InChI is InChI=1S/C17H16F7N3O3/c18-9-5-10(8-25-7-9)26-12(28)11-6-15(11)1-3-27(4-2-15)14(29)30-13(16(19,20)21)17(22,23)24/h5,7-8,11,13H,1-4,6H2,(H,26,28). The molecule has 0 bridgehead atoms. The summed E-state index contributed by atoms with van der Waals surface area (Å²) in [6, 6.07) is 1.08. The largest absolute Gasteiger partial charge is 0.434 e. The number of ether oxygens (including phenoxy) is 1. The Labute approximate surface area is 165 Å². The Hall–Kier alpha value is -2.60. The van der Waals surface area contributed by atoms with Crippen molar-refractivity contribution in [3.8, 4) is 0 Å². The van der Waals surface area contributed by atoms with Crippen molar-refractivity contribution in [2.45, 2.75) is 37.7 Å². The molecule has 166 valence electrons. The number of alkyl halides is 6. The van der Waals surface area contributed by atoms with Crippen LogP contribution in [0, 0.1) is 17.2 Å². The molecular weight excluding hydrogens is 427 g/mol. The predicted molar refractivity (Wildman–Crippen MR) is 86.6 cm³/mol. The van der Waals surface area contributed by atoms with Gasteiger partial charge < -0.3 is 15.0 Å². The number of carbonyl (C=O) groups excluding carboxylic acids is 2. The van der Waals surface area contributed by atoms with Gasteiger partial charge in [0, 0.05) is 25.1 Å². The Morgan fingerprint density at radius 3 is 2.27 bits per heavy atom. The van der Waals surface area contributed by atoms with E-state index in [0.29, 0.717) is 6.42 Å². The van der Waals surface area contributed by atoms with E-state index in [1.807, 2.05) is 0 Å². The van der Waals surface area contributed by atoms with Crippen molar-refractivity contribution in [3.63, 3.8) is 0 Å². The van der Waals surface area contributed by atoms with Crippen LogP contribution in [0.5, 0.6) is 0 Å². The van der Waals surface area contributed by atoms with Crippen molar-refractivity contribution in [1.29, 1.82) is 0 Å². The molecule has 6 nitrogen and oxygen atoms in total. The second-order valence-electron chi connectivity index (χ2n) is 7.33. The van der Waals surface area contributed by atoms with E-state index in [1.165, 1.54) is 6.20 Å². The maximum Gasteiger partial charge on any atom is 0.434 e. The molecule has 1 N–H and O–H groups in total. The van der Waals surface area contributed by atoms with Crippen LogP contribution in [0.15, 0.2) is 18.5 Å². The van der Waals surface area contributed by atoms with Crippen molar-refractivity contribution < 1.29 is 45.1 Å². The van der Waals surface area contributed by atoms with Gasteiger partial charge in [-0.15, -0.1) is 0 Å². The molecule has 1 spiro atoms. The molecule has 2 amide bonds. The van der Waals surface area contributed by atoms with Crippen LogP contribution < -0.4 is 5.32 Å². The molecule has 2 fully saturated rings. The number of hydrogen-bond donors (Lipinski definition) is 1. The summed E-state index contributed by atoms with van der Waals surface area (Å²) in [4.78, 5) is 28.5. The van der Waals surface area contributed by atoms with E-state index in [4.69, 9.17) is 0 Å². The fourth-order valence-electron chi connectivity index (χ4n) is 3.61. The first-order valence-corrected chi connectivity index (χ1v) is 8.82. The lowest BCUT2D eigenvalue weighted by atomic mass is 9.91. The molecule has 1 unspecified atom stereocenters. The molecule has 30 heavy (non-hydrogen) atoms. The first-order valence-electron chi connectivity index (χ1n) is 8.82. The average molecular weight is 443 g/mol. The summed E-state index contributed by atoms with van der Waals surface area (Å²) in [7, 11) is 0. The highest BCUT2D eigenvalue weighted by Crippen LogP contribution is 2.59. The minimum absolute atomic E-state index is 0.146. The van der Waals surface area contributed by atoms with Gasteiger partial charge in [0.15, 0.2) is 0 Å². The molecule has 1 saturated carbocycles. The van der Waals surface area contributed by atoms with Gasteiger partial charge in [0.2, 0.25) is 5.91 Å². The number of piperidine rings is 1. The zero-order chi connectivity index (χ0) is 22.3. The average Bonchev–Trinajstić information content (AvgIpc) is 3.31. The number of likely N-dealkylation sites (tertiary alicyclic amines) is 1. The van der Waals surface area contributed by atoms with E-state index in [2.05, 4.69) is 15.0 Å². The lowest BCUT2D eigenvalue weighted by Crippen LogP contribution is -2.49. The molecule has 1 atom stereocenters. The number of pyridine rings is 1. The smallest absolute Gasteiger partial charge is 0.426 e. The quantitative estimate of drug-likeness (QED) is 0.720. The number of amides is 2. The molecule has 2 aliphatic rings. The Kier molecular flexibility index (Phi) is 5.58. The summed E-state index contributed by atoms with van der Waals surface area (Å²) < 4.78 is 92.0. The summed E-state index contributed by atoms with van der Waals surface area (Å²) in [5, 5.41) is 2.51. The number of halogens is 7. The van der Waals surface area contributed by atoms with Crippen LogP contribution in [0.25, 0.3) is 0 Å². The van der Waals surface area contributed by atoms with Crippen LogP contribution in [0.3, 0.4) is 0 Å². The van der Waals surface area contributed by atoms with Gasteiger partial charge in [-0.3, -0.25) is 9.78 Å². The minimum atomic E-state index is -5.78. The van der Waals surface area contributed by atoms with E-state index < -0.39 is 47.6 Å². The van der Waals surface area contributed by atoms with Gasteiger partial charge in [-0.1, -0.05) is 0 Å². The lowest BCUT2D eigenvalue weighted by Gasteiger charge is -2.33. The minimum Gasteiger partial charge on any atom is -0.426 e. The van der Waals surface area contributed by atoms with Gasteiger partial charge >= 0.3 is 18.4 Å². The van der Waals surface area contributed by atoms with Crippen LogP contribution in [-0.2, 0) is 9.53 Å². The number of aromatic nitrogens is 1. The van der Waals surface area contributed by atoms with Gasteiger partial charge in [0.1, 0.15) is 5.82 Å². The monoisotopic (exact) mass is 443 g/mol. The fourth-order valence-corrected chi connectivity index (χ4v) is 3.61. The van der Waals surface area contributed by atoms with Gasteiger partial charge in [-0.05, 0) is 24.7 Å². The second-order valence-corrected chi connectivity index (χ2v) is 7.33. The third-order valence-corrected chi connectivity index (χ3v) is 5.31. The maximum absolute atomic E-state index is 13.1. The zero-order valence-electron chi connectivity index (χ0n) is 15.2. The topological polar surface area (TPSA) is 71.5 Å². The van der Waals surface area contributed by atoms with Gasteiger partial charge in [0.25, 0.3) is 6.10 Å². The molecule has 1 saturated heterocycles. The van der Waals surface area contributed by atoms with Crippen molar-refractivity contribution >= 4 is 17.7 Å². The van der Waals surface area contributed by atoms with E-state index in [-0.39, 0.29) is 31.6 Å². The van der Waals surface area contributed by atoms with Crippen LogP contribution in [-0.4, -0.2) is 53.4 Å².